The second-order valence-corrected chi connectivity index (χ2v) is 5.23. The monoisotopic (exact) mass is 277 g/mol. The summed E-state index contributed by atoms with van der Waals surface area (Å²) < 4.78 is 0. The highest BCUT2D eigenvalue weighted by molar-refractivity contribution is 9.09. The maximum atomic E-state index is 11.3. The van der Waals surface area contributed by atoms with Gasteiger partial charge in [-0.1, -0.05) is 35.2 Å². The van der Waals surface area contributed by atoms with Crippen LogP contribution in [0.5, 0.6) is 0 Å². The molecule has 1 aliphatic rings. The van der Waals surface area contributed by atoms with Gasteiger partial charge in [-0.3, -0.25) is 4.79 Å². The van der Waals surface area contributed by atoms with E-state index < -0.39 is 0 Å². The molecule has 0 spiro atoms. The van der Waals surface area contributed by atoms with Crippen molar-refractivity contribution in [2.75, 3.05) is 18.5 Å². The number of hydrogen-bond acceptors (Lipinski definition) is 2. The van der Waals surface area contributed by atoms with Gasteiger partial charge in [-0.2, -0.15) is 0 Å². The molecule has 2 N–H and O–H groups in total. The van der Waals surface area contributed by atoms with E-state index in [1.807, 2.05) is 0 Å². The van der Waals surface area contributed by atoms with E-state index in [1.54, 1.807) is 0 Å². The molecule has 0 aromatic heterocycles. The molecule has 1 aliphatic carbocycles. The van der Waals surface area contributed by atoms with Crippen molar-refractivity contribution in [2.24, 2.45) is 5.41 Å². The summed E-state index contributed by atoms with van der Waals surface area (Å²) in [5.74, 6) is 0.0743. The van der Waals surface area contributed by atoms with Gasteiger partial charge in [0.15, 0.2) is 0 Å². The van der Waals surface area contributed by atoms with Crippen LogP contribution in [0.3, 0.4) is 0 Å². The molecule has 0 unspecified atom stereocenters. The highest BCUT2D eigenvalue weighted by Crippen LogP contribution is 2.35. The van der Waals surface area contributed by atoms with Crippen molar-refractivity contribution < 1.29 is 9.90 Å². The lowest BCUT2D eigenvalue weighted by Crippen LogP contribution is -2.41. The van der Waals surface area contributed by atoms with E-state index in [1.165, 1.54) is 19.3 Å². The van der Waals surface area contributed by atoms with Crippen molar-refractivity contribution in [1.29, 1.82) is 0 Å². The van der Waals surface area contributed by atoms with Gasteiger partial charge in [0.2, 0.25) is 5.91 Å². The Morgan fingerprint density at radius 1 is 1.33 bits per heavy atom. The number of amides is 1. The first-order valence-electron chi connectivity index (χ1n) is 5.66. The van der Waals surface area contributed by atoms with Gasteiger partial charge in [0.05, 0.1) is 6.61 Å². The van der Waals surface area contributed by atoms with E-state index in [-0.39, 0.29) is 17.9 Å². The van der Waals surface area contributed by atoms with Crippen molar-refractivity contribution >= 4 is 21.8 Å². The quantitative estimate of drug-likeness (QED) is 0.754. The highest BCUT2D eigenvalue weighted by Gasteiger charge is 2.31. The molecule has 88 valence electrons. The normalized spacial score (nSPS) is 19.9. The maximum absolute atomic E-state index is 11.3. The molecule has 4 heteroatoms. The molecule has 0 aliphatic heterocycles. The number of aliphatic hydroxyl groups is 1. The number of halogens is 1. The van der Waals surface area contributed by atoms with Crippen molar-refractivity contribution in [2.45, 2.75) is 38.5 Å². The molecule has 3 nitrogen and oxygen atoms in total. The van der Waals surface area contributed by atoms with Crippen LogP contribution in [0, 0.1) is 5.41 Å². The number of rotatable bonds is 5. The van der Waals surface area contributed by atoms with Gasteiger partial charge in [0, 0.05) is 23.7 Å². The number of carbonyl (C=O) groups is 1. The van der Waals surface area contributed by atoms with Gasteiger partial charge in [0.25, 0.3) is 0 Å². The average Bonchev–Trinajstić information content (AvgIpc) is 2.28. The van der Waals surface area contributed by atoms with Crippen LogP contribution in [0.2, 0.25) is 0 Å². The molecule has 0 saturated heterocycles. The zero-order valence-electron chi connectivity index (χ0n) is 9.10. The fourth-order valence-corrected chi connectivity index (χ4v) is 2.51. The maximum Gasteiger partial charge on any atom is 0.220 e. The van der Waals surface area contributed by atoms with Crippen LogP contribution in [0.1, 0.15) is 38.5 Å². The third-order valence-corrected chi connectivity index (χ3v) is 3.63. The standard InChI is InChI=1S/C11H20BrNO2/c12-7-4-10(15)13-8-11(9-14)5-2-1-3-6-11/h14H,1-9H2,(H,13,15). The molecule has 0 aromatic carbocycles. The summed E-state index contributed by atoms with van der Waals surface area (Å²) in [5.41, 5.74) is -0.0414. The Balaban J connectivity index is 2.35. The second kappa shape index (κ2) is 6.48. The fraction of sp³-hybridized carbons (Fsp3) is 0.909. The van der Waals surface area contributed by atoms with Crippen molar-refractivity contribution in [3.8, 4) is 0 Å². The molecule has 1 rings (SSSR count). The molecule has 0 aromatic rings. The zero-order chi connectivity index (χ0) is 11.1. The minimum atomic E-state index is -0.0414. The number of carbonyl (C=O) groups excluding carboxylic acids is 1. The molecule has 1 fully saturated rings. The van der Waals surface area contributed by atoms with E-state index in [2.05, 4.69) is 21.2 Å². The fourth-order valence-electron chi connectivity index (χ4n) is 2.15. The SMILES string of the molecule is O=C(CCBr)NCC1(CO)CCCCC1. The predicted octanol–water partition coefficient (Wildman–Crippen LogP) is 1.83. The minimum Gasteiger partial charge on any atom is -0.396 e. The summed E-state index contributed by atoms with van der Waals surface area (Å²) in [6, 6.07) is 0. The largest absolute Gasteiger partial charge is 0.396 e. The van der Waals surface area contributed by atoms with Crippen LogP contribution >= 0.6 is 15.9 Å². The first-order valence-corrected chi connectivity index (χ1v) is 6.78. The van der Waals surface area contributed by atoms with Crippen molar-refractivity contribution in [1.82, 2.24) is 5.32 Å². The molecule has 1 saturated carbocycles. The Labute approximate surface area is 99.8 Å². The van der Waals surface area contributed by atoms with Crippen LogP contribution in [0.15, 0.2) is 0 Å². The van der Waals surface area contributed by atoms with Crippen LogP contribution in [0.4, 0.5) is 0 Å². The molecular weight excluding hydrogens is 258 g/mol. The minimum absolute atomic E-state index is 0.0414. The Bertz CT molecular complexity index is 203. The van der Waals surface area contributed by atoms with Gasteiger partial charge in [-0.05, 0) is 12.8 Å². The van der Waals surface area contributed by atoms with Crippen LogP contribution in [-0.4, -0.2) is 29.5 Å². The topological polar surface area (TPSA) is 49.3 Å². The molecule has 0 radical (unpaired) electrons. The van der Waals surface area contributed by atoms with Gasteiger partial charge >= 0.3 is 0 Å². The first-order chi connectivity index (χ1) is 7.22. The predicted molar refractivity (Wildman–Crippen MR) is 64.0 cm³/mol. The van der Waals surface area contributed by atoms with Gasteiger partial charge in [-0.15, -0.1) is 0 Å². The lowest BCUT2D eigenvalue weighted by Gasteiger charge is -2.35. The first kappa shape index (κ1) is 13.0. The van der Waals surface area contributed by atoms with E-state index >= 15 is 0 Å². The van der Waals surface area contributed by atoms with E-state index in [0.29, 0.717) is 18.3 Å². The second-order valence-electron chi connectivity index (χ2n) is 4.43. The molecular formula is C11H20BrNO2. The number of hydrogen-bond donors (Lipinski definition) is 2. The molecule has 15 heavy (non-hydrogen) atoms. The van der Waals surface area contributed by atoms with Gasteiger partial charge < -0.3 is 10.4 Å². The lowest BCUT2D eigenvalue weighted by atomic mass is 9.74. The van der Waals surface area contributed by atoms with Gasteiger partial charge in [-0.25, -0.2) is 0 Å². The lowest BCUT2D eigenvalue weighted by molar-refractivity contribution is -0.121. The Morgan fingerprint density at radius 2 is 2.00 bits per heavy atom. The number of aliphatic hydroxyl groups excluding tert-OH is 1. The third-order valence-electron chi connectivity index (χ3n) is 3.23. The Morgan fingerprint density at radius 3 is 2.53 bits per heavy atom. The molecule has 0 bridgehead atoms. The smallest absolute Gasteiger partial charge is 0.220 e. The summed E-state index contributed by atoms with van der Waals surface area (Å²) >= 11 is 3.24. The van der Waals surface area contributed by atoms with E-state index in [4.69, 9.17) is 0 Å². The summed E-state index contributed by atoms with van der Waals surface area (Å²) in [5, 5.41) is 13.0. The third kappa shape index (κ3) is 4.11. The van der Waals surface area contributed by atoms with Crippen LogP contribution in [0.25, 0.3) is 0 Å². The van der Waals surface area contributed by atoms with E-state index in [0.717, 1.165) is 12.8 Å². The molecule has 1 amide bonds. The molecule has 0 atom stereocenters. The summed E-state index contributed by atoms with van der Waals surface area (Å²) in [4.78, 5) is 11.3. The summed E-state index contributed by atoms with van der Waals surface area (Å²) in [7, 11) is 0. The zero-order valence-corrected chi connectivity index (χ0v) is 10.7. The van der Waals surface area contributed by atoms with E-state index in [9.17, 15) is 9.90 Å². The summed E-state index contributed by atoms with van der Waals surface area (Å²) in [6.45, 7) is 0.830. The van der Waals surface area contributed by atoms with Crippen molar-refractivity contribution in [3.05, 3.63) is 0 Å². The number of alkyl halides is 1. The Kier molecular flexibility index (Phi) is 5.61. The van der Waals surface area contributed by atoms with Gasteiger partial charge in [0.1, 0.15) is 0 Å². The average molecular weight is 278 g/mol. The van der Waals surface area contributed by atoms with Crippen LogP contribution in [-0.2, 0) is 4.79 Å². The van der Waals surface area contributed by atoms with Crippen molar-refractivity contribution in [3.63, 3.8) is 0 Å². The van der Waals surface area contributed by atoms with Crippen LogP contribution < -0.4 is 5.32 Å². The number of nitrogens with one attached hydrogen (secondary N) is 1. The summed E-state index contributed by atoms with van der Waals surface area (Å²) in [6.07, 6.45) is 6.21. The highest BCUT2D eigenvalue weighted by atomic mass is 79.9. The Hall–Kier alpha value is -0.0900. The molecule has 0 heterocycles.